The van der Waals surface area contributed by atoms with E-state index < -0.39 is 0 Å². The van der Waals surface area contributed by atoms with E-state index in [0.29, 0.717) is 5.56 Å². The number of nitrogens with zero attached hydrogens (tertiary/aromatic N) is 2. The summed E-state index contributed by atoms with van der Waals surface area (Å²) in [4.78, 5) is 2.07. The third-order valence-corrected chi connectivity index (χ3v) is 3.93. The lowest BCUT2D eigenvalue weighted by molar-refractivity contribution is 0.813. The molecule has 3 nitrogen and oxygen atoms in total. The van der Waals surface area contributed by atoms with Crippen LogP contribution in [0.2, 0.25) is 0 Å². The van der Waals surface area contributed by atoms with Crippen molar-refractivity contribution >= 4 is 27.3 Å². The molecular formula is C16H16BrN3. The van der Waals surface area contributed by atoms with Gasteiger partial charge in [0.2, 0.25) is 0 Å². The van der Waals surface area contributed by atoms with Crippen LogP contribution in [0.5, 0.6) is 0 Å². The fourth-order valence-electron chi connectivity index (χ4n) is 2.00. The van der Waals surface area contributed by atoms with Gasteiger partial charge in [-0.05, 0) is 48.9 Å². The Morgan fingerprint density at radius 2 is 1.75 bits per heavy atom. The van der Waals surface area contributed by atoms with Gasteiger partial charge < -0.3 is 10.6 Å². The molecule has 20 heavy (non-hydrogen) atoms. The molecule has 2 N–H and O–H groups in total. The van der Waals surface area contributed by atoms with Gasteiger partial charge in [-0.3, -0.25) is 0 Å². The van der Waals surface area contributed by atoms with E-state index in [4.69, 9.17) is 11.0 Å². The number of nitrogens with two attached hydrogens (primary N) is 1. The SMILES string of the molecule is C[C@@H](N)c1ccc(N(C)c2ccc(C#N)cc2)cc1Br. The molecule has 0 saturated heterocycles. The first kappa shape index (κ1) is 14.6. The lowest BCUT2D eigenvalue weighted by atomic mass is 10.1. The van der Waals surface area contributed by atoms with Gasteiger partial charge in [0.25, 0.3) is 0 Å². The van der Waals surface area contributed by atoms with Crippen molar-refractivity contribution in [2.24, 2.45) is 5.73 Å². The quantitative estimate of drug-likeness (QED) is 0.921. The average molecular weight is 330 g/mol. The maximum Gasteiger partial charge on any atom is 0.0991 e. The third kappa shape index (κ3) is 3.01. The van der Waals surface area contributed by atoms with Crippen LogP contribution >= 0.6 is 15.9 Å². The second-order valence-corrected chi connectivity index (χ2v) is 5.57. The first-order valence-corrected chi connectivity index (χ1v) is 7.11. The van der Waals surface area contributed by atoms with Crippen molar-refractivity contribution in [3.05, 3.63) is 58.1 Å². The molecule has 0 saturated carbocycles. The summed E-state index contributed by atoms with van der Waals surface area (Å²) in [5.74, 6) is 0. The number of halogens is 1. The van der Waals surface area contributed by atoms with E-state index >= 15 is 0 Å². The van der Waals surface area contributed by atoms with Crippen molar-refractivity contribution in [1.82, 2.24) is 0 Å². The Morgan fingerprint density at radius 1 is 1.15 bits per heavy atom. The van der Waals surface area contributed by atoms with Gasteiger partial charge in [0, 0.05) is 28.9 Å². The van der Waals surface area contributed by atoms with Gasteiger partial charge in [0.15, 0.2) is 0 Å². The minimum absolute atomic E-state index is 0.00126. The Balaban J connectivity index is 2.31. The van der Waals surface area contributed by atoms with E-state index in [0.717, 1.165) is 21.4 Å². The van der Waals surface area contributed by atoms with Crippen LogP contribution in [0.15, 0.2) is 46.9 Å². The fraction of sp³-hybridized carbons (Fsp3) is 0.188. The van der Waals surface area contributed by atoms with E-state index in [2.05, 4.69) is 33.0 Å². The minimum atomic E-state index is -0.00126. The molecular weight excluding hydrogens is 314 g/mol. The number of anilines is 2. The van der Waals surface area contributed by atoms with E-state index in [9.17, 15) is 0 Å². The zero-order valence-corrected chi connectivity index (χ0v) is 13.1. The van der Waals surface area contributed by atoms with Crippen LogP contribution < -0.4 is 10.6 Å². The van der Waals surface area contributed by atoms with Gasteiger partial charge in [-0.15, -0.1) is 0 Å². The summed E-state index contributed by atoms with van der Waals surface area (Å²) in [6.45, 7) is 1.96. The Labute approximate surface area is 127 Å². The molecule has 2 aromatic rings. The zero-order chi connectivity index (χ0) is 14.7. The zero-order valence-electron chi connectivity index (χ0n) is 11.5. The standard InChI is InChI=1S/C16H16BrN3/c1-11(19)15-8-7-14(9-16(15)17)20(2)13-5-3-12(10-18)4-6-13/h3-9,11H,19H2,1-2H3/t11-/m1/s1. The largest absolute Gasteiger partial charge is 0.345 e. The number of benzene rings is 2. The van der Waals surface area contributed by atoms with Gasteiger partial charge in [0.1, 0.15) is 0 Å². The molecule has 4 heteroatoms. The second kappa shape index (κ2) is 6.08. The molecule has 0 aliphatic heterocycles. The number of hydrogen-bond donors (Lipinski definition) is 1. The Kier molecular flexibility index (Phi) is 4.43. The molecule has 0 spiro atoms. The molecule has 0 bridgehead atoms. The van der Waals surface area contributed by atoms with E-state index in [1.54, 1.807) is 0 Å². The summed E-state index contributed by atoms with van der Waals surface area (Å²) in [7, 11) is 1.99. The van der Waals surface area contributed by atoms with Crippen molar-refractivity contribution in [2.75, 3.05) is 11.9 Å². The maximum atomic E-state index is 8.82. The fourth-order valence-corrected chi connectivity index (χ4v) is 2.73. The Bertz CT molecular complexity index is 642. The number of hydrogen-bond acceptors (Lipinski definition) is 3. The van der Waals surface area contributed by atoms with Crippen molar-refractivity contribution in [3.8, 4) is 6.07 Å². The van der Waals surface area contributed by atoms with E-state index in [1.807, 2.05) is 50.4 Å². The molecule has 2 rings (SSSR count). The highest BCUT2D eigenvalue weighted by Gasteiger charge is 2.09. The highest BCUT2D eigenvalue weighted by Crippen LogP contribution is 2.30. The molecule has 0 aromatic heterocycles. The van der Waals surface area contributed by atoms with Crippen molar-refractivity contribution in [1.29, 1.82) is 5.26 Å². The first-order chi connectivity index (χ1) is 9.52. The molecule has 0 amide bonds. The molecule has 0 radical (unpaired) electrons. The van der Waals surface area contributed by atoms with Gasteiger partial charge >= 0.3 is 0 Å². The highest BCUT2D eigenvalue weighted by molar-refractivity contribution is 9.10. The summed E-state index contributed by atoms with van der Waals surface area (Å²) in [6.07, 6.45) is 0. The van der Waals surface area contributed by atoms with Crippen molar-refractivity contribution in [2.45, 2.75) is 13.0 Å². The molecule has 2 aromatic carbocycles. The summed E-state index contributed by atoms with van der Waals surface area (Å²) in [5, 5.41) is 8.82. The number of rotatable bonds is 3. The summed E-state index contributed by atoms with van der Waals surface area (Å²) >= 11 is 3.56. The maximum absolute atomic E-state index is 8.82. The van der Waals surface area contributed by atoms with Gasteiger partial charge in [-0.1, -0.05) is 22.0 Å². The van der Waals surface area contributed by atoms with Crippen LogP contribution in [-0.2, 0) is 0 Å². The van der Waals surface area contributed by atoms with Crippen LogP contribution in [0.1, 0.15) is 24.1 Å². The molecule has 0 aliphatic rings. The smallest absolute Gasteiger partial charge is 0.0991 e. The summed E-state index contributed by atoms with van der Waals surface area (Å²) in [5.41, 5.74) is 9.75. The van der Waals surface area contributed by atoms with Gasteiger partial charge in [0.05, 0.1) is 11.6 Å². The predicted octanol–water partition coefficient (Wildman–Crippen LogP) is 4.11. The third-order valence-electron chi connectivity index (χ3n) is 3.25. The highest BCUT2D eigenvalue weighted by atomic mass is 79.9. The predicted molar refractivity (Wildman–Crippen MR) is 86.0 cm³/mol. The second-order valence-electron chi connectivity index (χ2n) is 4.71. The van der Waals surface area contributed by atoms with Gasteiger partial charge in [-0.25, -0.2) is 0 Å². The van der Waals surface area contributed by atoms with E-state index in [-0.39, 0.29) is 6.04 Å². The van der Waals surface area contributed by atoms with Crippen molar-refractivity contribution in [3.63, 3.8) is 0 Å². The molecule has 0 unspecified atom stereocenters. The van der Waals surface area contributed by atoms with Crippen molar-refractivity contribution < 1.29 is 0 Å². The summed E-state index contributed by atoms with van der Waals surface area (Å²) < 4.78 is 1.01. The van der Waals surface area contributed by atoms with E-state index in [1.165, 1.54) is 0 Å². The Morgan fingerprint density at radius 3 is 2.25 bits per heavy atom. The average Bonchev–Trinajstić information content (AvgIpc) is 2.46. The monoisotopic (exact) mass is 329 g/mol. The summed E-state index contributed by atoms with van der Waals surface area (Å²) in [6, 6.07) is 15.8. The topological polar surface area (TPSA) is 53.0 Å². The lowest BCUT2D eigenvalue weighted by Gasteiger charge is -2.21. The molecule has 0 aliphatic carbocycles. The Hall–Kier alpha value is -1.83. The van der Waals surface area contributed by atoms with Crippen LogP contribution in [0.25, 0.3) is 0 Å². The molecule has 1 atom stereocenters. The molecule has 0 fully saturated rings. The first-order valence-electron chi connectivity index (χ1n) is 6.32. The normalized spacial score (nSPS) is 11.8. The van der Waals surface area contributed by atoms with Crippen LogP contribution in [0, 0.1) is 11.3 Å². The van der Waals surface area contributed by atoms with Crippen LogP contribution in [-0.4, -0.2) is 7.05 Å². The minimum Gasteiger partial charge on any atom is -0.345 e. The van der Waals surface area contributed by atoms with Gasteiger partial charge in [-0.2, -0.15) is 5.26 Å². The lowest BCUT2D eigenvalue weighted by Crippen LogP contribution is -2.11. The van der Waals surface area contributed by atoms with Crippen LogP contribution in [0.4, 0.5) is 11.4 Å². The van der Waals surface area contributed by atoms with Crippen LogP contribution in [0.3, 0.4) is 0 Å². The molecule has 102 valence electrons. The number of nitriles is 1. The molecule has 0 heterocycles.